The van der Waals surface area contributed by atoms with Crippen LogP contribution in [0, 0.1) is 34.6 Å². The molecule has 40 heavy (non-hydrogen) atoms. The van der Waals surface area contributed by atoms with Gasteiger partial charge in [0.15, 0.2) is 13.6 Å². The smallest absolute Gasteiger partial charge is 0.188 e. The zero-order chi connectivity index (χ0) is 30.0. The third-order valence-electron chi connectivity index (χ3n) is 7.03. The number of hydrogen-bond acceptors (Lipinski definition) is 4. The first kappa shape index (κ1) is 32.1. The molecule has 0 saturated carbocycles. The third-order valence-corrected chi connectivity index (χ3v) is 9.81. The fourth-order valence-corrected chi connectivity index (χ4v) is 8.41. The summed E-state index contributed by atoms with van der Waals surface area (Å²) in [7, 11) is 2.26. The quantitative estimate of drug-likeness (QED) is 0.199. The molecule has 4 nitrogen and oxygen atoms in total. The van der Waals surface area contributed by atoms with Crippen molar-refractivity contribution >= 4 is 23.8 Å². The summed E-state index contributed by atoms with van der Waals surface area (Å²) in [6.07, 6.45) is 0. The van der Waals surface area contributed by atoms with E-state index in [4.69, 9.17) is 18.9 Å². The topological polar surface area (TPSA) is 36.9 Å². The highest BCUT2D eigenvalue weighted by Gasteiger charge is 2.33. The molecule has 0 spiro atoms. The number of rotatable bonds is 9. The van der Waals surface area contributed by atoms with Gasteiger partial charge in [-0.1, -0.05) is 71.4 Å². The molecule has 0 aromatic heterocycles. The molecule has 0 heterocycles. The van der Waals surface area contributed by atoms with Crippen molar-refractivity contribution in [1.29, 1.82) is 0 Å². The van der Waals surface area contributed by atoms with Crippen molar-refractivity contribution in [3.63, 3.8) is 0 Å². The molecule has 0 atom stereocenters. The highest BCUT2D eigenvalue weighted by atomic mass is 31.1. The monoisotopic (exact) mass is 564 g/mol. The number of benzene rings is 3. The van der Waals surface area contributed by atoms with E-state index in [0.29, 0.717) is 0 Å². The maximum atomic E-state index is 6.50. The van der Waals surface area contributed by atoms with Gasteiger partial charge in [-0.15, -0.1) is 0 Å². The van der Waals surface area contributed by atoms with Crippen molar-refractivity contribution in [2.75, 3.05) is 27.8 Å². The molecule has 3 rings (SSSR count). The molecule has 0 amide bonds. The second-order valence-electron chi connectivity index (χ2n) is 13.0. The predicted octanol–water partition coefficient (Wildman–Crippen LogP) is 7.55. The van der Waals surface area contributed by atoms with E-state index in [1.807, 2.05) is 0 Å². The molecule has 0 unspecified atom stereocenters. The first-order valence-electron chi connectivity index (χ1n) is 14.0. The minimum Gasteiger partial charge on any atom is -0.467 e. The summed E-state index contributed by atoms with van der Waals surface area (Å²) in [5.41, 5.74) is 8.34. The lowest BCUT2D eigenvalue weighted by Gasteiger charge is -2.33. The SMILES string of the molecule is COCOc1c(P(c2cc(C)cc(C(C)(C)C)c2OCOC)c2c(C)cc(C)cc2C)cc(C)cc1C(C)(C)C. The molecule has 0 radical (unpaired) electrons. The Morgan fingerprint density at radius 3 is 1.23 bits per heavy atom. The van der Waals surface area contributed by atoms with Crippen LogP contribution in [0.4, 0.5) is 0 Å². The van der Waals surface area contributed by atoms with E-state index >= 15 is 0 Å². The molecule has 0 bridgehead atoms. The van der Waals surface area contributed by atoms with Crippen molar-refractivity contribution in [2.24, 2.45) is 0 Å². The molecule has 0 aliphatic carbocycles. The lowest BCUT2D eigenvalue weighted by atomic mass is 9.85. The zero-order valence-electron chi connectivity index (χ0n) is 27.0. The van der Waals surface area contributed by atoms with Gasteiger partial charge in [0.2, 0.25) is 0 Å². The van der Waals surface area contributed by atoms with Crippen molar-refractivity contribution in [3.05, 3.63) is 75.3 Å². The van der Waals surface area contributed by atoms with Gasteiger partial charge in [-0.25, -0.2) is 0 Å². The van der Waals surface area contributed by atoms with Crippen LogP contribution in [-0.4, -0.2) is 27.8 Å². The second-order valence-corrected chi connectivity index (χ2v) is 15.1. The van der Waals surface area contributed by atoms with Crippen molar-refractivity contribution in [2.45, 2.75) is 87.0 Å². The Morgan fingerprint density at radius 1 is 0.550 bits per heavy atom. The summed E-state index contributed by atoms with van der Waals surface area (Å²) in [5, 5.41) is 3.69. The maximum Gasteiger partial charge on any atom is 0.188 e. The van der Waals surface area contributed by atoms with Crippen LogP contribution >= 0.6 is 7.92 Å². The first-order valence-corrected chi connectivity index (χ1v) is 15.4. The standard InChI is InChI=1S/C35H49O4P/c1-22-14-25(4)33(26(5)15-22)40(29-18-23(2)16-27(34(6,7)8)31(29)38-20-36-12)30-19-24(3)17-28(35(9,10)11)32(30)39-21-37-13/h14-19H,20-21H2,1-13H3. The minimum absolute atomic E-state index is 0.124. The number of aryl methyl sites for hydroxylation is 5. The molecule has 0 N–H and O–H groups in total. The van der Waals surface area contributed by atoms with Crippen LogP contribution in [-0.2, 0) is 20.3 Å². The Labute approximate surface area is 244 Å². The van der Waals surface area contributed by atoms with Crippen molar-refractivity contribution < 1.29 is 18.9 Å². The lowest BCUT2D eigenvalue weighted by Crippen LogP contribution is -2.31. The van der Waals surface area contributed by atoms with Gasteiger partial charge in [0, 0.05) is 36.0 Å². The van der Waals surface area contributed by atoms with Crippen molar-refractivity contribution in [1.82, 2.24) is 0 Å². The van der Waals surface area contributed by atoms with Gasteiger partial charge < -0.3 is 18.9 Å². The van der Waals surface area contributed by atoms with E-state index in [1.165, 1.54) is 54.9 Å². The Kier molecular flexibility index (Phi) is 10.2. The molecule has 3 aromatic carbocycles. The highest BCUT2D eigenvalue weighted by Crippen LogP contribution is 2.47. The Balaban J connectivity index is 2.59. The molecular formula is C35H49O4P. The van der Waals surface area contributed by atoms with E-state index in [-0.39, 0.29) is 24.4 Å². The van der Waals surface area contributed by atoms with Crippen LogP contribution in [0.25, 0.3) is 0 Å². The molecule has 0 aliphatic heterocycles. The van der Waals surface area contributed by atoms with Crippen LogP contribution in [0.3, 0.4) is 0 Å². The van der Waals surface area contributed by atoms with Gasteiger partial charge in [0.05, 0.1) is 0 Å². The largest absolute Gasteiger partial charge is 0.467 e. The second kappa shape index (κ2) is 12.6. The minimum atomic E-state index is -1.09. The van der Waals surface area contributed by atoms with E-state index in [0.717, 1.165) is 11.5 Å². The van der Waals surface area contributed by atoms with Gasteiger partial charge in [-0.2, -0.15) is 0 Å². The molecule has 0 fully saturated rings. The van der Waals surface area contributed by atoms with E-state index in [9.17, 15) is 0 Å². The van der Waals surface area contributed by atoms with Gasteiger partial charge in [-0.3, -0.25) is 0 Å². The normalized spacial score (nSPS) is 12.2. The number of hydrogen-bond donors (Lipinski definition) is 0. The molecule has 0 aliphatic rings. The lowest BCUT2D eigenvalue weighted by molar-refractivity contribution is 0.0506. The van der Waals surface area contributed by atoms with Crippen LogP contribution in [0.2, 0.25) is 0 Å². The van der Waals surface area contributed by atoms with Gasteiger partial charge >= 0.3 is 0 Å². The maximum absolute atomic E-state index is 6.50. The van der Waals surface area contributed by atoms with E-state index < -0.39 is 7.92 Å². The molecule has 5 heteroatoms. The summed E-state index contributed by atoms with van der Waals surface area (Å²) in [5.74, 6) is 1.81. The third kappa shape index (κ3) is 7.08. The molecule has 0 saturated heterocycles. The van der Waals surface area contributed by atoms with E-state index in [2.05, 4.69) is 113 Å². The van der Waals surface area contributed by atoms with Gasteiger partial charge in [-0.05, 0) is 93.1 Å². The molecule has 218 valence electrons. The zero-order valence-corrected chi connectivity index (χ0v) is 27.9. The summed E-state index contributed by atoms with van der Waals surface area (Å²) in [4.78, 5) is 0. The predicted molar refractivity (Wildman–Crippen MR) is 171 cm³/mol. The first-order chi connectivity index (χ1) is 18.6. The fraction of sp³-hybridized carbons (Fsp3) is 0.486. The summed E-state index contributed by atoms with van der Waals surface area (Å²) >= 11 is 0. The fourth-order valence-electron chi connectivity index (χ4n) is 5.39. The van der Waals surface area contributed by atoms with E-state index in [1.54, 1.807) is 14.2 Å². The van der Waals surface area contributed by atoms with Crippen LogP contribution < -0.4 is 25.4 Å². The van der Waals surface area contributed by atoms with Crippen LogP contribution in [0.15, 0.2) is 36.4 Å². The average molecular weight is 565 g/mol. The number of ether oxygens (including phenoxy) is 4. The highest BCUT2D eigenvalue weighted by molar-refractivity contribution is 7.80. The molecule has 3 aromatic rings. The van der Waals surface area contributed by atoms with Crippen LogP contribution in [0.1, 0.15) is 80.5 Å². The van der Waals surface area contributed by atoms with Crippen molar-refractivity contribution in [3.8, 4) is 11.5 Å². The van der Waals surface area contributed by atoms with Crippen LogP contribution in [0.5, 0.6) is 11.5 Å². The Hall–Kier alpha value is -2.39. The van der Waals surface area contributed by atoms with Gasteiger partial charge in [0.1, 0.15) is 11.5 Å². The summed E-state index contributed by atoms with van der Waals surface area (Å²) in [6, 6.07) is 13.7. The summed E-state index contributed by atoms with van der Waals surface area (Å²) in [6.45, 7) is 24.8. The summed E-state index contributed by atoms with van der Waals surface area (Å²) < 4.78 is 23.9. The Morgan fingerprint density at radius 2 is 0.900 bits per heavy atom. The molecular weight excluding hydrogens is 515 g/mol. The average Bonchev–Trinajstić information content (AvgIpc) is 2.82. The number of methoxy groups -OCH3 is 2. The van der Waals surface area contributed by atoms with Gasteiger partial charge in [0.25, 0.3) is 0 Å². The Bertz CT molecular complexity index is 1250.